The number of ketones is 1. The van der Waals surface area contributed by atoms with Crippen LogP contribution in [0.5, 0.6) is 0 Å². The summed E-state index contributed by atoms with van der Waals surface area (Å²) in [6, 6.07) is 13.2. The van der Waals surface area contributed by atoms with Crippen LogP contribution in [0.1, 0.15) is 22.8 Å². The van der Waals surface area contributed by atoms with Gasteiger partial charge in [-0.15, -0.1) is 0 Å². The summed E-state index contributed by atoms with van der Waals surface area (Å²) in [4.78, 5) is 24.9. The molecule has 0 bridgehead atoms. The van der Waals surface area contributed by atoms with Crippen LogP contribution in [-0.4, -0.2) is 16.8 Å². The highest BCUT2D eigenvalue weighted by atomic mass is 35.5. The molecule has 4 nitrogen and oxygen atoms in total. The second-order valence-electron chi connectivity index (χ2n) is 5.36. The Kier molecular flexibility index (Phi) is 3.51. The number of hydrogen-bond acceptors (Lipinski definition) is 3. The first-order chi connectivity index (χ1) is 10.4. The van der Waals surface area contributed by atoms with Crippen molar-refractivity contribution in [3.05, 3.63) is 64.7 Å². The minimum absolute atomic E-state index is 0.314. The van der Waals surface area contributed by atoms with E-state index in [0.717, 1.165) is 0 Å². The van der Waals surface area contributed by atoms with E-state index in [0.29, 0.717) is 21.8 Å². The first kappa shape index (κ1) is 14.8. The molecule has 0 saturated carbocycles. The second-order valence-corrected chi connectivity index (χ2v) is 5.80. The van der Waals surface area contributed by atoms with Crippen LogP contribution < -0.4 is 5.32 Å². The van der Waals surface area contributed by atoms with E-state index in [1.165, 1.54) is 0 Å². The summed E-state index contributed by atoms with van der Waals surface area (Å²) in [7, 11) is 0. The standard InChI is InChI=1S/C17H14ClNO3/c1-10(15(20)11-6-8-12(18)9-7-11)17(22)13-4-2-3-5-14(13)19-16(17)21/h2-10,22H,1H3,(H,19,21)/t10-,17-/m0/s1. The zero-order chi connectivity index (χ0) is 15.9. The Balaban J connectivity index is 2.00. The van der Waals surface area contributed by atoms with Crippen LogP contribution in [0.3, 0.4) is 0 Å². The molecule has 2 aromatic carbocycles. The fourth-order valence-electron chi connectivity index (χ4n) is 2.75. The molecule has 22 heavy (non-hydrogen) atoms. The molecule has 2 aromatic rings. The van der Waals surface area contributed by atoms with Crippen molar-refractivity contribution in [2.75, 3.05) is 5.32 Å². The maximum atomic E-state index is 12.6. The number of carbonyl (C=O) groups is 2. The molecule has 5 heteroatoms. The summed E-state index contributed by atoms with van der Waals surface area (Å²) in [5.74, 6) is -1.81. The largest absolute Gasteiger partial charge is 0.375 e. The van der Waals surface area contributed by atoms with Crippen LogP contribution in [0, 0.1) is 5.92 Å². The summed E-state index contributed by atoms with van der Waals surface area (Å²) < 4.78 is 0. The number of Topliss-reactive ketones (excluding diaryl/α,β-unsaturated/α-hetero) is 1. The fraction of sp³-hybridized carbons (Fsp3) is 0.176. The molecule has 0 aliphatic carbocycles. The summed E-state index contributed by atoms with van der Waals surface area (Å²) in [6.07, 6.45) is 0. The van der Waals surface area contributed by atoms with Gasteiger partial charge in [-0.05, 0) is 30.3 Å². The molecule has 112 valence electrons. The highest BCUT2D eigenvalue weighted by Crippen LogP contribution is 2.41. The molecule has 1 amide bonds. The number of amides is 1. The molecule has 0 spiro atoms. The normalized spacial score (nSPS) is 21.1. The second kappa shape index (κ2) is 5.23. The Hall–Kier alpha value is -2.17. The van der Waals surface area contributed by atoms with Crippen LogP contribution in [0.25, 0.3) is 0 Å². The molecule has 1 aliphatic heterocycles. The van der Waals surface area contributed by atoms with Crippen LogP contribution in [0.2, 0.25) is 5.02 Å². The average molecular weight is 316 g/mol. The third-order valence-corrected chi connectivity index (χ3v) is 4.33. The smallest absolute Gasteiger partial charge is 0.261 e. The van der Waals surface area contributed by atoms with E-state index in [1.807, 2.05) is 0 Å². The first-order valence-corrected chi connectivity index (χ1v) is 7.25. The van der Waals surface area contributed by atoms with E-state index in [9.17, 15) is 14.7 Å². The number of nitrogens with one attached hydrogen (secondary N) is 1. The quantitative estimate of drug-likeness (QED) is 0.856. The Morgan fingerprint density at radius 1 is 1.18 bits per heavy atom. The van der Waals surface area contributed by atoms with E-state index in [4.69, 9.17) is 11.6 Å². The van der Waals surface area contributed by atoms with Gasteiger partial charge in [-0.1, -0.05) is 36.7 Å². The van der Waals surface area contributed by atoms with E-state index >= 15 is 0 Å². The van der Waals surface area contributed by atoms with Crippen molar-refractivity contribution in [3.8, 4) is 0 Å². The number of fused-ring (bicyclic) bond motifs is 1. The van der Waals surface area contributed by atoms with Gasteiger partial charge >= 0.3 is 0 Å². The maximum absolute atomic E-state index is 12.6. The van der Waals surface area contributed by atoms with Gasteiger partial charge in [0, 0.05) is 21.8 Å². The summed E-state index contributed by atoms with van der Waals surface area (Å²) in [5, 5.41) is 14.1. The lowest BCUT2D eigenvalue weighted by Crippen LogP contribution is -2.44. The predicted molar refractivity (Wildman–Crippen MR) is 83.9 cm³/mol. The van der Waals surface area contributed by atoms with Crippen LogP contribution in [0.4, 0.5) is 5.69 Å². The van der Waals surface area contributed by atoms with Gasteiger partial charge < -0.3 is 10.4 Å². The molecule has 1 aliphatic rings. The summed E-state index contributed by atoms with van der Waals surface area (Å²) in [6.45, 7) is 1.55. The SMILES string of the molecule is C[C@@H](C(=O)c1ccc(Cl)cc1)[C@@]1(O)C(=O)Nc2ccccc21. The molecular weight excluding hydrogens is 302 g/mol. The van der Waals surface area contributed by atoms with Crippen molar-refractivity contribution < 1.29 is 14.7 Å². The Bertz CT molecular complexity index is 757. The molecule has 0 unspecified atom stereocenters. The van der Waals surface area contributed by atoms with E-state index in [1.54, 1.807) is 55.5 Å². The monoisotopic (exact) mass is 315 g/mol. The van der Waals surface area contributed by atoms with E-state index in [-0.39, 0.29) is 5.78 Å². The summed E-state index contributed by atoms with van der Waals surface area (Å²) in [5.41, 5.74) is -0.504. The number of para-hydroxylation sites is 1. The highest BCUT2D eigenvalue weighted by molar-refractivity contribution is 6.30. The molecule has 1 heterocycles. The third-order valence-electron chi connectivity index (χ3n) is 4.08. The lowest BCUT2D eigenvalue weighted by molar-refractivity contribution is -0.137. The molecule has 0 radical (unpaired) electrons. The zero-order valence-corrected chi connectivity index (χ0v) is 12.6. The number of carbonyl (C=O) groups excluding carboxylic acids is 2. The van der Waals surface area contributed by atoms with Gasteiger partial charge in [-0.25, -0.2) is 0 Å². The number of anilines is 1. The first-order valence-electron chi connectivity index (χ1n) is 6.87. The minimum atomic E-state index is -1.87. The van der Waals surface area contributed by atoms with Crippen molar-refractivity contribution in [1.29, 1.82) is 0 Å². The van der Waals surface area contributed by atoms with Crippen molar-refractivity contribution in [2.24, 2.45) is 5.92 Å². The molecular formula is C17H14ClNO3. The maximum Gasteiger partial charge on any atom is 0.261 e. The van der Waals surface area contributed by atoms with Crippen molar-refractivity contribution in [1.82, 2.24) is 0 Å². The van der Waals surface area contributed by atoms with Gasteiger partial charge in [0.15, 0.2) is 11.4 Å². The predicted octanol–water partition coefficient (Wildman–Crippen LogP) is 3.00. The van der Waals surface area contributed by atoms with Crippen LogP contribution >= 0.6 is 11.6 Å². The molecule has 0 saturated heterocycles. The van der Waals surface area contributed by atoms with Gasteiger partial charge in [-0.3, -0.25) is 9.59 Å². The van der Waals surface area contributed by atoms with E-state index in [2.05, 4.69) is 5.32 Å². The Morgan fingerprint density at radius 3 is 2.50 bits per heavy atom. The number of hydrogen-bond donors (Lipinski definition) is 2. The van der Waals surface area contributed by atoms with Crippen molar-refractivity contribution >= 4 is 29.0 Å². The molecule has 2 atom stereocenters. The molecule has 0 fully saturated rings. The van der Waals surface area contributed by atoms with Crippen LogP contribution in [-0.2, 0) is 10.4 Å². The molecule has 0 aromatic heterocycles. The number of aliphatic hydroxyl groups is 1. The van der Waals surface area contributed by atoms with Crippen LogP contribution in [0.15, 0.2) is 48.5 Å². The number of halogens is 1. The van der Waals surface area contributed by atoms with Gasteiger partial charge in [0.2, 0.25) is 0 Å². The zero-order valence-electron chi connectivity index (χ0n) is 11.8. The number of benzene rings is 2. The lowest BCUT2D eigenvalue weighted by Gasteiger charge is -2.27. The highest BCUT2D eigenvalue weighted by Gasteiger charge is 2.51. The average Bonchev–Trinajstić information content (AvgIpc) is 2.79. The Labute approximate surface area is 132 Å². The van der Waals surface area contributed by atoms with Crippen molar-refractivity contribution in [3.63, 3.8) is 0 Å². The Morgan fingerprint density at radius 2 is 1.82 bits per heavy atom. The minimum Gasteiger partial charge on any atom is -0.375 e. The van der Waals surface area contributed by atoms with E-state index < -0.39 is 17.4 Å². The fourth-order valence-corrected chi connectivity index (χ4v) is 2.87. The van der Waals surface area contributed by atoms with Gasteiger partial charge in [0.25, 0.3) is 5.91 Å². The van der Waals surface area contributed by atoms with Gasteiger partial charge in [-0.2, -0.15) is 0 Å². The van der Waals surface area contributed by atoms with Gasteiger partial charge in [0.1, 0.15) is 0 Å². The third kappa shape index (κ3) is 2.12. The topological polar surface area (TPSA) is 66.4 Å². The van der Waals surface area contributed by atoms with Crippen molar-refractivity contribution in [2.45, 2.75) is 12.5 Å². The van der Waals surface area contributed by atoms with Gasteiger partial charge in [0.05, 0.1) is 5.92 Å². The lowest BCUT2D eigenvalue weighted by atomic mass is 9.79. The number of rotatable bonds is 3. The molecule has 2 N–H and O–H groups in total. The molecule has 3 rings (SSSR count). The summed E-state index contributed by atoms with van der Waals surface area (Å²) >= 11 is 5.82.